The van der Waals surface area contributed by atoms with Crippen molar-refractivity contribution >= 4 is 46.7 Å². The number of amides is 1. The Morgan fingerprint density at radius 1 is 1.67 bits per heavy atom. The molecular weight excluding hydrogens is 264 g/mol. The Labute approximate surface area is 101 Å². The highest BCUT2D eigenvalue weighted by molar-refractivity contribution is 6.67. The molecule has 3 N–H and O–H groups in total. The zero-order valence-electron chi connectivity index (χ0n) is 7.62. The minimum atomic E-state index is -1.77. The summed E-state index contributed by atoms with van der Waals surface area (Å²) in [6.07, 6.45) is 0.197. The van der Waals surface area contributed by atoms with Crippen LogP contribution in [0.5, 0.6) is 0 Å². The van der Waals surface area contributed by atoms with E-state index < -0.39 is 9.96 Å². The summed E-state index contributed by atoms with van der Waals surface area (Å²) in [5, 5.41) is 6.16. The molecule has 0 bridgehead atoms. The molecule has 1 atom stereocenters. The Balaban J connectivity index is 3.02. The van der Waals surface area contributed by atoms with Gasteiger partial charge in [0.2, 0.25) is 15.6 Å². The number of nitrogens with two attached hydrogens (primary N) is 1. The molecule has 0 aromatic carbocycles. The summed E-state index contributed by atoms with van der Waals surface area (Å²) >= 11 is 17.0. The molecule has 6 nitrogen and oxygen atoms in total. The SMILES string of the molecule is CC(=O)NC(n1ncnc1N)C(Cl)(Cl)Cl. The average Bonchev–Trinajstić information content (AvgIpc) is 2.45. The number of nitrogens with one attached hydrogen (secondary N) is 1. The summed E-state index contributed by atoms with van der Waals surface area (Å²) in [6.45, 7) is 1.29. The van der Waals surface area contributed by atoms with Gasteiger partial charge in [-0.05, 0) is 0 Å². The Bertz CT molecular complexity index is 360. The maximum atomic E-state index is 10.9. The van der Waals surface area contributed by atoms with Crippen molar-refractivity contribution in [1.82, 2.24) is 20.1 Å². The molecule has 0 spiro atoms. The molecule has 1 rings (SSSR count). The smallest absolute Gasteiger partial charge is 0.230 e. The molecule has 9 heteroatoms. The number of carbonyl (C=O) groups excluding carboxylic acids is 1. The number of nitrogen functional groups attached to an aromatic ring is 1. The standard InChI is InChI=1S/C6H8Cl3N5O/c1-3(15)13-4(6(7,8)9)14-5(10)11-2-12-14/h2,4H,1H3,(H,13,15)(H2,10,11,12). The van der Waals surface area contributed by atoms with E-state index in [1.165, 1.54) is 13.3 Å². The molecular formula is C6H8Cl3N5O. The van der Waals surface area contributed by atoms with Crippen LogP contribution in [-0.2, 0) is 4.79 Å². The van der Waals surface area contributed by atoms with Crippen molar-refractivity contribution in [3.05, 3.63) is 6.33 Å². The first-order valence-electron chi connectivity index (χ1n) is 3.81. The van der Waals surface area contributed by atoms with E-state index in [0.29, 0.717) is 0 Å². The highest BCUT2D eigenvalue weighted by Gasteiger charge is 2.36. The minimum Gasteiger partial charge on any atom is -0.368 e. The molecule has 0 saturated carbocycles. The molecule has 1 amide bonds. The Morgan fingerprint density at radius 2 is 2.27 bits per heavy atom. The highest BCUT2D eigenvalue weighted by atomic mass is 35.6. The molecule has 1 heterocycles. The first-order valence-corrected chi connectivity index (χ1v) is 4.94. The number of carbonyl (C=O) groups is 1. The topological polar surface area (TPSA) is 85.8 Å². The normalized spacial score (nSPS) is 13.6. The number of halogens is 3. The molecule has 1 unspecified atom stereocenters. The fraction of sp³-hybridized carbons (Fsp3) is 0.500. The largest absolute Gasteiger partial charge is 0.368 e. The van der Waals surface area contributed by atoms with E-state index in [2.05, 4.69) is 15.4 Å². The molecule has 0 aliphatic heterocycles. The van der Waals surface area contributed by atoms with Gasteiger partial charge in [0.05, 0.1) is 0 Å². The van der Waals surface area contributed by atoms with E-state index in [1.54, 1.807) is 0 Å². The molecule has 0 aliphatic rings. The van der Waals surface area contributed by atoms with Crippen LogP contribution in [0.1, 0.15) is 13.1 Å². The second kappa shape index (κ2) is 4.42. The summed E-state index contributed by atoms with van der Waals surface area (Å²) in [6, 6.07) is 0. The fourth-order valence-electron chi connectivity index (χ4n) is 0.932. The van der Waals surface area contributed by atoms with E-state index in [1.807, 2.05) is 0 Å². The lowest BCUT2D eigenvalue weighted by Crippen LogP contribution is -2.40. The third kappa shape index (κ3) is 3.12. The van der Waals surface area contributed by atoms with Crippen molar-refractivity contribution in [3.8, 4) is 0 Å². The van der Waals surface area contributed by atoms with Crippen molar-refractivity contribution in [2.75, 3.05) is 5.73 Å². The fourth-order valence-corrected chi connectivity index (χ4v) is 1.37. The molecule has 0 aliphatic carbocycles. The molecule has 0 saturated heterocycles. The van der Waals surface area contributed by atoms with Gasteiger partial charge < -0.3 is 11.1 Å². The van der Waals surface area contributed by atoms with Crippen molar-refractivity contribution in [1.29, 1.82) is 0 Å². The summed E-state index contributed by atoms with van der Waals surface area (Å²) in [7, 11) is 0. The second-order valence-electron chi connectivity index (χ2n) is 2.71. The van der Waals surface area contributed by atoms with Gasteiger partial charge in [-0.15, -0.1) is 0 Å². The van der Waals surface area contributed by atoms with Gasteiger partial charge in [0, 0.05) is 6.92 Å². The van der Waals surface area contributed by atoms with E-state index >= 15 is 0 Å². The number of hydrogen-bond acceptors (Lipinski definition) is 4. The Hall–Kier alpha value is -0.720. The molecule has 0 fully saturated rings. The molecule has 1 aromatic heterocycles. The van der Waals surface area contributed by atoms with Crippen LogP contribution in [0.3, 0.4) is 0 Å². The maximum Gasteiger partial charge on any atom is 0.230 e. The molecule has 84 valence electrons. The van der Waals surface area contributed by atoms with Gasteiger partial charge in [-0.25, -0.2) is 4.68 Å². The molecule has 15 heavy (non-hydrogen) atoms. The number of alkyl halides is 3. The average molecular weight is 273 g/mol. The highest BCUT2D eigenvalue weighted by Crippen LogP contribution is 2.36. The number of nitrogens with zero attached hydrogens (tertiary/aromatic N) is 3. The predicted molar refractivity (Wildman–Crippen MR) is 57.6 cm³/mol. The van der Waals surface area contributed by atoms with Crippen LogP contribution in [0.2, 0.25) is 0 Å². The predicted octanol–water partition coefficient (Wildman–Crippen LogP) is 0.865. The quantitative estimate of drug-likeness (QED) is 0.782. The maximum absolute atomic E-state index is 10.9. The number of hydrogen-bond donors (Lipinski definition) is 2. The Kier molecular flexibility index (Phi) is 3.64. The van der Waals surface area contributed by atoms with Crippen LogP contribution in [0.4, 0.5) is 5.95 Å². The third-order valence-corrected chi connectivity index (χ3v) is 2.12. The monoisotopic (exact) mass is 271 g/mol. The van der Waals surface area contributed by atoms with Gasteiger partial charge in [0.15, 0.2) is 6.17 Å². The second-order valence-corrected chi connectivity index (χ2v) is 5.08. The van der Waals surface area contributed by atoms with Crippen molar-refractivity contribution < 1.29 is 4.79 Å². The van der Waals surface area contributed by atoms with E-state index in [0.717, 1.165) is 4.68 Å². The van der Waals surface area contributed by atoms with Crippen LogP contribution in [0, 0.1) is 0 Å². The van der Waals surface area contributed by atoms with Gasteiger partial charge in [0.1, 0.15) is 6.33 Å². The third-order valence-electron chi connectivity index (χ3n) is 1.50. The number of anilines is 1. The van der Waals surface area contributed by atoms with Crippen molar-refractivity contribution in [2.24, 2.45) is 0 Å². The van der Waals surface area contributed by atoms with Gasteiger partial charge in [-0.2, -0.15) is 10.1 Å². The minimum absolute atomic E-state index is 0.0417. The lowest BCUT2D eigenvalue weighted by Gasteiger charge is -2.25. The first kappa shape index (κ1) is 12.4. The van der Waals surface area contributed by atoms with E-state index in [-0.39, 0.29) is 11.9 Å². The van der Waals surface area contributed by atoms with E-state index in [4.69, 9.17) is 40.5 Å². The lowest BCUT2D eigenvalue weighted by molar-refractivity contribution is -0.120. The molecule has 0 radical (unpaired) electrons. The first-order chi connectivity index (χ1) is 6.82. The number of rotatable bonds is 2. The van der Waals surface area contributed by atoms with Crippen molar-refractivity contribution in [3.63, 3.8) is 0 Å². The van der Waals surface area contributed by atoms with Crippen LogP contribution in [-0.4, -0.2) is 24.5 Å². The number of aromatic nitrogens is 3. The summed E-state index contributed by atoms with van der Waals surface area (Å²) < 4.78 is -0.651. The zero-order chi connectivity index (χ0) is 11.6. The van der Waals surface area contributed by atoms with E-state index in [9.17, 15) is 4.79 Å². The van der Waals surface area contributed by atoms with Crippen LogP contribution in [0.15, 0.2) is 6.33 Å². The van der Waals surface area contributed by atoms with Crippen LogP contribution >= 0.6 is 34.8 Å². The lowest BCUT2D eigenvalue weighted by atomic mass is 10.5. The van der Waals surface area contributed by atoms with Gasteiger partial charge in [0.25, 0.3) is 0 Å². The van der Waals surface area contributed by atoms with Gasteiger partial charge in [-0.3, -0.25) is 4.79 Å². The molecule has 1 aromatic rings. The summed E-state index contributed by atoms with van der Waals surface area (Å²) in [5.41, 5.74) is 5.48. The van der Waals surface area contributed by atoms with Gasteiger partial charge >= 0.3 is 0 Å². The zero-order valence-corrected chi connectivity index (χ0v) is 9.88. The Morgan fingerprint density at radius 3 is 2.60 bits per heavy atom. The summed E-state index contributed by atoms with van der Waals surface area (Å²) in [4.78, 5) is 14.6. The van der Waals surface area contributed by atoms with Crippen molar-refractivity contribution in [2.45, 2.75) is 16.9 Å². The van der Waals surface area contributed by atoms with Gasteiger partial charge in [-0.1, -0.05) is 34.8 Å². The van der Waals surface area contributed by atoms with Crippen LogP contribution < -0.4 is 11.1 Å². The van der Waals surface area contributed by atoms with Crippen LogP contribution in [0.25, 0.3) is 0 Å². The summed E-state index contributed by atoms with van der Waals surface area (Å²) in [5.74, 6) is -0.332.